The van der Waals surface area contributed by atoms with E-state index < -0.39 is 0 Å². The molecule has 0 aliphatic rings. The van der Waals surface area contributed by atoms with Gasteiger partial charge < -0.3 is 15.8 Å². The summed E-state index contributed by atoms with van der Waals surface area (Å²) in [6, 6.07) is 20.6. The van der Waals surface area contributed by atoms with Crippen LogP contribution in [0.5, 0.6) is 11.6 Å². The van der Waals surface area contributed by atoms with Crippen molar-refractivity contribution in [3.63, 3.8) is 0 Å². The number of fused-ring (bicyclic) bond motifs is 1. The maximum absolute atomic E-state index is 12.7. The molecule has 5 rings (SSSR count). The van der Waals surface area contributed by atoms with Crippen molar-refractivity contribution < 1.29 is 9.53 Å². The first-order valence-electron chi connectivity index (χ1n) is 11.8. The van der Waals surface area contributed by atoms with Crippen LogP contribution < -0.4 is 15.8 Å². The lowest BCUT2D eigenvalue weighted by Gasteiger charge is -2.20. The third kappa shape index (κ3) is 5.40. The Morgan fingerprint density at radius 3 is 2.54 bits per heavy atom. The molecule has 0 aliphatic heterocycles. The van der Waals surface area contributed by atoms with Crippen molar-refractivity contribution in [3.8, 4) is 22.9 Å². The number of carbonyl (C=O) groups is 1. The Kier molecular flexibility index (Phi) is 6.27. The molecule has 0 radical (unpaired) electrons. The van der Waals surface area contributed by atoms with E-state index in [1.165, 1.54) is 6.33 Å². The number of aromatic nitrogens is 5. The van der Waals surface area contributed by atoms with Gasteiger partial charge in [0.05, 0.1) is 11.9 Å². The number of benzene rings is 2. The summed E-state index contributed by atoms with van der Waals surface area (Å²) in [6.07, 6.45) is 3.11. The summed E-state index contributed by atoms with van der Waals surface area (Å²) in [7, 11) is 0. The Labute approximate surface area is 214 Å². The second-order valence-corrected chi connectivity index (χ2v) is 9.67. The predicted octanol–water partition coefficient (Wildman–Crippen LogP) is 4.84. The molecule has 0 aliphatic carbocycles. The molecule has 0 bridgehead atoms. The van der Waals surface area contributed by atoms with Gasteiger partial charge in [0.25, 0.3) is 5.91 Å². The number of carbonyl (C=O) groups excluding carboxylic acids is 1. The average Bonchev–Trinajstić information content (AvgIpc) is 3.24. The molecule has 9 nitrogen and oxygen atoms in total. The van der Waals surface area contributed by atoms with Crippen molar-refractivity contribution in [2.45, 2.75) is 32.9 Å². The SMILES string of the molecule is CC(C)(C)NC(=O)c1cccc(Cn2nc(-c3ccc(Oc4ccccc4)nc3)c3c(N)ncnc32)c1. The first-order valence-corrected chi connectivity index (χ1v) is 11.8. The van der Waals surface area contributed by atoms with Crippen molar-refractivity contribution in [2.75, 3.05) is 5.73 Å². The summed E-state index contributed by atoms with van der Waals surface area (Å²) >= 11 is 0. The van der Waals surface area contributed by atoms with E-state index in [-0.39, 0.29) is 11.4 Å². The number of para-hydroxylation sites is 1. The molecule has 9 heteroatoms. The minimum Gasteiger partial charge on any atom is -0.439 e. The van der Waals surface area contributed by atoms with Gasteiger partial charge in [-0.05, 0) is 56.7 Å². The van der Waals surface area contributed by atoms with Crippen molar-refractivity contribution in [3.05, 3.63) is 90.4 Å². The number of anilines is 1. The van der Waals surface area contributed by atoms with E-state index in [4.69, 9.17) is 15.6 Å². The Balaban J connectivity index is 1.46. The van der Waals surface area contributed by atoms with Crippen LogP contribution >= 0.6 is 0 Å². The van der Waals surface area contributed by atoms with Crippen LogP contribution in [-0.2, 0) is 6.54 Å². The highest BCUT2D eigenvalue weighted by molar-refractivity contribution is 5.98. The monoisotopic (exact) mass is 493 g/mol. The van der Waals surface area contributed by atoms with E-state index in [1.807, 2.05) is 75.4 Å². The first kappa shape index (κ1) is 23.9. The van der Waals surface area contributed by atoms with Gasteiger partial charge in [0, 0.05) is 28.9 Å². The summed E-state index contributed by atoms with van der Waals surface area (Å²) in [6.45, 7) is 6.24. The van der Waals surface area contributed by atoms with Gasteiger partial charge in [0.2, 0.25) is 5.88 Å². The van der Waals surface area contributed by atoms with Crippen molar-refractivity contribution >= 4 is 22.8 Å². The zero-order valence-corrected chi connectivity index (χ0v) is 20.8. The number of amides is 1. The highest BCUT2D eigenvalue weighted by Gasteiger charge is 2.19. The van der Waals surface area contributed by atoms with Crippen LogP contribution in [0.4, 0.5) is 5.82 Å². The van der Waals surface area contributed by atoms with Crippen LogP contribution in [0.25, 0.3) is 22.3 Å². The quantitative estimate of drug-likeness (QED) is 0.347. The molecule has 0 fully saturated rings. The molecule has 3 heterocycles. The zero-order chi connectivity index (χ0) is 26.0. The number of rotatable bonds is 6. The number of pyridine rings is 1. The maximum Gasteiger partial charge on any atom is 0.251 e. The van der Waals surface area contributed by atoms with E-state index in [2.05, 4.69) is 20.3 Å². The third-order valence-corrected chi connectivity index (χ3v) is 5.54. The summed E-state index contributed by atoms with van der Waals surface area (Å²) in [5, 5.41) is 8.45. The van der Waals surface area contributed by atoms with Crippen LogP contribution in [0.3, 0.4) is 0 Å². The molecule has 3 N–H and O–H groups in total. The summed E-state index contributed by atoms with van der Waals surface area (Å²) < 4.78 is 7.57. The third-order valence-electron chi connectivity index (χ3n) is 5.54. The number of nitrogens with zero attached hydrogens (tertiary/aromatic N) is 5. The molecule has 0 atom stereocenters. The van der Waals surface area contributed by atoms with E-state index in [0.29, 0.717) is 46.3 Å². The van der Waals surface area contributed by atoms with Gasteiger partial charge in [-0.3, -0.25) is 4.79 Å². The fourth-order valence-electron chi connectivity index (χ4n) is 3.93. The van der Waals surface area contributed by atoms with Gasteiger partial charge in [-0.25, -0.2) is 19.6 Å². The molecule has 37 heavy (non-hydrogen) atoms. The Morgan fingerprint density at radius 2 is 1.81 bits per heavy atom. The summed E-state index contributed by atoms with van der Waals surface area (Å²) in [4.78, 5) is 25.7. The molecular weight excluding hydrogens is 466 g/mol. The van der Waals surface area contributed by atoms with Gasteiger partial charge >= 0.3 is 0 Å². The van der Waals surface area contributed by atoms with E-state index >= 15 is 0 Å². The minimum absolute atomic E-state index is 0.129. The van der Waals surface area contributed by atoms with Crippen LogP contribution in [0, 0.1) is 0 Å². The number of nitrogen functional groups attached to an aromatic ring is 1. The van der Waals surface area contributed by atoms with Crippen molar-refractivity contribution in [1.82, 2.24) is 30.0 Å². The molecule has 5 aromatic rings. The van der Waals surface area contributed by atoms with Crippen molar-refractivity contribution in [2.24, 2.45) is 0 Å². The first-order chi connectivity index (χ1) is 17.8. The van der Waals surface area contributed by atoms with Crippen LogP contribution in [0.15, 0.2) is 79.3 Å². The van der Waals surface area contributed by atoms with Gasteiger partial charge in [-0.1, -0.05) is 30.3 Å². The van der Waals surface area contributed by atoms with Crippen LogP contribution in [0.2, 0.25) is 0 Å². The molecule has 3 aromatic heterocycles. The van der Waals surface area contributed by atoms with Gasteiger partial charge in [0.1, 0.15) is 23.6 Å². The van der Waals surface area contributed by atoms with Crippen molar-refractivity contribution in [1.29, 1.82) is 0 Å². The van der Waals surface area contributed by atoms with Crippen LogP contribution in [-0.4, -0.2) is 36.2 Å². The zero-order valence-electron chi connectivity index (χ0n) is 20.8. The molecule has 186 valence electrons. The number of ether oxygens (including phenoxy) is 1. The largest absolute Gasteiger partial charge is 0.439 e. The van der Waals surface area contributed by atoms with E-state index in [0.717, 1.165) is 11.1 Å². The maximum atomic E-state index is 12.7. The van der Waals surface area contributed by atoms with Gasteiger partial charge in [0.15, 0.2) is 5.65 Å². The number of nitrogens with two attached hydrogens (primary N) is 1. The minimum atomic E-state index is -0.329. The van der Waals surface area contributed by atoms with E-state index in [1.54, 1.807) is 23.0 Å². The highest BCUT2D eigenvalue weighted by Crippen LogP contribution is 2.31. The predicted molar refractivity (Wildman–Crippen MR) is 142 cm³/mol. The second kappa shape index (κ2) is 9.69. The fraction of sp³-hybridized carbons (Fsp3) is 0.179. The topological polar surface area (TPSA) is 121 Å². The molecule has 1 amide bonds. The Morgan fingerprint density at radius 1 is 1.00 bits per heavy atom. The fourth-order valence-corrected chi connectivity index (χ4v) is 3.93. The highest BCUT2D eigenvalue weighted by atomic mass is 16.5. The normalized spacial score (nSPS) is 11.4. The average molecular weight is 494 g/mol. The Hall–Kier alpha value is -4.79. The Bertz CT molecular complexity index is 1560. The number of hydrogen-bond acceptors (Lipinski definition) is 7. The summed E-state index contributed by atoms with van der Waals surface area (Å²) in [5.41, 5.74) is 9.37. The van der Waals surface area contributed by atoms with Gasteiger partial charge in [-0.2, -0.15) is 5.10 Å². The van der Waals surface area contributed by atoms with Crippen LogP contribution in [0.1, 0.15) is 36.7 Å². The standard InChI is InChI=1S/C28H27N7O2/c1-28(2,3)33-27(36)19-9-7-8-18(14-19)16-35-26-23(25(29)31-17-32-26)24(34-35)20-12-13-22(30-15-20)37-21-10-5-4-6-11-21/h4-15,17H,16H2,1-3H3,(H,33,36)(H2,29,31,32). The lowest BCUT2D eigenvalue weighted by molar-refractivity contribution is 0.0919. The van der Waals surface area contributed by atoms with Gasteiger partial charge in [-0.15, -0.1) is 0 Å². The number of hydrogen-bond donors (Lipinski definition) is 2. The molecule has 2 aromatic carbocycles. The lowest BCUT2D eigenvalue weighted by atomic mass is 10.1. The van der Waals surface area contributed by atoms with E-state index in [9.17, 15) is 4.79 Å². The second-order valence-electron chi connectivity index (χ2n) is 9.67. The molecular formula is C28H27N7O2. The lowest BCUT2D eigenvalue weighted by Crippen LogP contribution is -2.40. The summed E-state index contributed by atoms with van der Waals surface area (Å²) in [5.74, 6) is 1.37. The number of nitrogens with one attached hydrogen (secondary N) is 1. The smallest absolute Gasteiger partial charge is 0.251 e. The molecule has 0 saturated heterocycles. The molecule has 0 spiro atoms. The molecule has 0 unspecified atom stereocenters. The molecule has 0 saturated carbocycles.